The van der Waals surface area contributed by atoms with E-state index in [1.807, 2.05) is 30.3 Å². The first-order valence-corrected chi connectivity index (χ1v) is 10.8. The topological polar surface area (TPSA) is 60.6 Å². The molecule has 26 heavy (non-hydrogen) atoms. The van der Waals surface area contributed by atoms with Gasteiger partial charge in [0.25, 0.3) is 5.88 Å². The molecule has 1 heterocycles. The van der Waals surface area contributed by atoms with E-state index in [-0.39, 0.29) is 28.5 Å². The molecule has 2 aliphatic carbocycles. The summed E-state index contributed by atoms with van der Waals surface area (Å²) < 4.78 is 28.7. The van der Waals surface area contributed by atoms with Crippen LogP contribution in [0, 0.1) is 16.7 Å². The molecule has 140 valence electrons. The van der Waals surface area contributed by atoms with E-state index < -0.39 is 10.0 Å². The predicted octanol–water partition coefficient (Wildman–Crippen LogP) is 3.10. The van der Waals surface area contributed by atoms with Gasteiger partial charge in [0.05, 0.1) is 11.8 Å². The second kappa shape index (κ2) is 5.59. The molecule has 6 heteroatoms. The second-order valence-corrected chi connectivity index (χ2v) is 10.5. The Bertz CT molecular complexity index is 876. The summed E-state index contributed by atoms with van der Waals surface area (Å²) in [6, 6.07) is 9.64. The lowest BCUT2D eigenvalue weighted by Gasteiger charge is -2.37. The molecule has 2 saturated carbocycles. The Hall–Kier alpha value is -1.82. The molecule has 0 radical (unpaired) electrons. The lowest BCUT2D eigenvalue weighted by atomic mass is 9.69. The van der Waals surface area contributed by atoms with Crippen LogP contribution in [-0.4, -0.2) is 40.9 Å². The van der Waals surface area contributed by atoms with Crippen LogP contribution in [0.4, 0.5) is 0 Å². The van der Waals surface area contributed by atoms with Crippen LogP contribution >= 0.6 is 0 Å². The van der Waals surface area contributed by atoms with Crippen molar-refractivity contribution in [1.29, 1.82) is 0 Å². The van der Waals surface area contributed by atoms with E-state index in [0.717, 1.165) is 24.8 Å². The minimum absolute atomic E-state index is 0.00599. The smallest absolute Gasteiger partial charge is 0.267 e. The highest BCUT2D eigenvalue weighted by Crippen LogP contribution is 2.70. The molecule has 3 aliphatic rings. The van der Waals surface area contributed by atoms with Crippen LogP contribution in [0.3, 0.4) is 0 Å². The van der Waals surface area contributed by atoms with Crippen molar-refractivity contribution in [3.8, 4) is 0 Å². The van der Waals surface area contributed by atoms with Crippen LogP contribution in [0.2, 0.25) is 0 Å². The molecule has 1 aliphatic heterocycles. The van der Waals surface area contributed by atoms with E-state index >= 15 is 0 Å². The van der Waals surface area contributed by atoms with E-state index in [0.29, 0.717) is 12.5 Å². The molecular weight excluding hydrogens is 348 g/mol. The molecule has 1 aromatic carbocycles. The summed E-state index contributed by atoms with van der Waals surface area (Å²) in [5.74, 6) is 0.460. The highest BCUT2D eigenvalue weighted by Gasteiger charge is 2.72. The van der Waals surface area contributed by atoms with Gasteiger partial charge in [-0.25, -0.2) is 17.3 Å². The van der Waals surface area contributed by atoms with Gasteiger partial charge in [-0.2, -0.15) is 0 Å². The van der Waals surface area contributed by atoms with E-state index in [4.69, 9.17) is 0 Å². The fourth-order valence-electron chi connectivity index (χ4n) is 5.67. The number of fused-ring (bicyclic) bond motifs is 1. The van der Waals surface area contributed by atoms with Gasteiger partial charge in [-0.1, -0.05) is 44.2 Å². The van der Waals surface area contributed by atoms with Gasteiger partial charge in [0, 0.05) is 11.0 Å². The lowest BCUT2D eigenvalue weighted by molar-refractivity contribution is -0.468. The monoisotopic (exact) mass is 375 g/mol. The molecule has 2 bridgehead atoms. The molecule has 0 aromatic heterocycles. The zero-order valence-corrected chi connectivity index (χ0v) is 16.2. The maximum absolute atomic E-state index is 12.9. The number of hydrogen-bond donors (Lipinski definition) is 1. The largest absolute Gasteiger partial charge is 0.490 e. The summed E-state index contributed by atoms with van der Waals surface area (Å²) in [4.78, 5) is 0. The standard InChI is InChI=1S/C20H26N2O3S/c1-19(2)16-9-10-20(19)14-26(24,25)22(17(20)11-16)18(23)13-21(3)12-15-7-5-4-6-8-15/h4-8,13,16-17H,3,9-12,14H2,1-2H3/p+1/b18-13-/t16-,17-,20-/m0/s1. The van der Waals surface area contributed by atoms with Crippen molar-refractivity contribution in [2.24, 2.45) is 16.7 Å². The van der Waals surface area contributed by atoms with E-state index in [1.165, 1.54) is 10.5 Å². The SMILES string of the molecule is C=[N+](/C=C(\O)N1[C@H]2C[C@@H]3CC[C@@]2(CS1(=O)=O)C3(C)C)Cc1ccccc1. The fourth-order valence-corrected chi connectivity index (χ4v) is 8.18. The third-order valence-electron chi connectivity index (χ3n) is 7.16. The highest BCUT2D eigenvalue weighted by atomic mass is 32.2. The van der Waals surface area contributed by atoms with Gasteiger partial charge in [-0.05, 0) is 30.6 Å². The number of rotatable bonds is 4. The quantitative estimate of drug-likeness (QED) is 0.500. The zero-order valence-electron chi connectivity index (χ0n) is 15.4. The molecular formula is C20H27N2O3S+. The number of benzene rings is 1. The van der Waals surface area contributed by atoms with Crippen LogP contribution in [0.1, 0.15) is 38.7 Å². The molecule has 5 nitrogen and oxygen atoms in total. The van der Waals surface area contributed by atoms with E-state index in [1.54, 1.807) is 4.58 Å². The molecule has 1 spiro atoms. The summed E-state index contributed by atoms with van der Waals surface area (Å²) in [6.45, 7) is 8.83. The molecule has 0 amide bonds. The van der Waals surface area contributed by atoms with Gasteiger partial charge in [0.15, 0.2) is 6.54 Å². The van der Waals surface area contributed by atoms with Gasteiger partial charge in [0.2, 0.25) is 16.2 Å². The van der Waals surface area contributed by atoms with Crippen molar-refractivity contribution in [2.45, 2.75) is 45.7 Å². The maximum Gasteiger partial charge on any atom is 0.267 e. The van der Waals surface area contributed by atoms with Crippen molar-refractivity contribution in [3.63, 3.8) is 0 Å². The summed E-state index contributed by atoms with van der Waals surface area (Å²) >= 11 is 0. The predicted molar refractivity (Wildman–Crippen MR) is 101 cm³/mol. The normalized spacial score (nSPS) is 34.1. The number of nitrogens with zero attached hydrogens (tertiary/aromatic N) is 2. The van der Waals surface area contributed by atoms with Crippen LogP contribution in [0.15, 0.2) is 42.4 Å². The van der Waals surface area contributed by atoms with Gasteiger partial charge in [-0.3, -0.25) is 0 Å². The van der Waals surface area contributed by atoms with Crippen LogP contribution in [0.5, 0.6) is 0 Å². The van der Waals surface area contributed by atoms with Gasteiger partial charge in [0.1, 0.15) is 6.72 Å². The average Bonchev–Trinajstić information content (AvgIpc) is 3.02. The first-order valence-electron chi connectivity index (χ1n) is 9.21. The minimum atomic E-state index is -3.52. The fraction of sp³-hybridized carbons (Fsp3) is 0.550. The summed E-state index contributed by atoms with van der Waals surface area (Å²) in [7, 11) is -3.52. The van der Waals surface area contributed by atoms with Gasteiger partial charge in [-0.15, -0.1) is 0 Å². The van der Waals surface area contributed by atoms with Crippen LogP contribution < -0.4 is 0 Å². The summed E-state index contributed by atoms with van der Waals surface area (Å²) in [6.07, 6.45) is 4.30. The van der Waals surface area contributed by atoms with Crippen molar-refractivity contribution >= 4 is 16.7 Å². The maximum atomic E-state index is 12.9. The average molecular weight is 376 g/mol. The Balaban J connectivity index is 1.62. The molecule has 1 saturated heterocycles. The summed E-state index contributed by atoms with van der Waals surface area (Å²) in [5.41, 5.74) is 0.797. The lowest BCUT2D eigenvalue weighted by Crippen LogP contribution is -2.41. The number of aliphatic hydroxyl groups excluding tert-OH is 1. The molecule has 4 rings (SSSR count). The number of aliphatic hydroxyl groups is 1. The molecule has 3 fully saturated rings. The Kier molecular flexibility index (Phi) is 3.78. The Morgan fingerprint density at radius 3 is 2.73 bits per heavy atom. The molecule has 0 unspecified atom stereocenters. The van der Waals surface area contributed by atoms with E-state index in [2.05, 4.69) is 20.6 Å². The van der Waals surface area contributed by atoms with Crippen molar-refractivity contribution in [2.75, 3.05) is 5.75 Å². The minimum Gasteiger partial charge on any atom is -0.490 e. The Morgan fingerprint density at radius 1 is 1.38 bits per heavy atom. The highest BCUT2D eigenvalue weighted by molar-refractivity contribution is 7.89. The Labute approximate surface area is 155 Å². The summed E-state index contributed by atoms with van der Waals surface area (Å²) in [5, 5.41) is 10.7. The first kappa shape index (κ1) is 17.6. The number of hydrogen-bond acceptors (Lipinski definition) is 3. The van der Waals surface area contributed by atoms with Crippen molar-refractivity contribution in [1.82, 2.24) is 4.31 Å². The molecule has 1 N–H and O–H groups in total. The Morgan fingerprint density at radius 2 is 2.08 bits per heavy atom. The van der Waals surface area contributed by atoms with Crippen LogP contribution in [-0.2, 0) is 16.6 Å². The number of sulfonamides is 1. The van der Waals surface area contributed by atoms with Gasteiger partial charge < -0.3 is 5.11 Å². The van der Waals surface area contributed by atoms with Crippen molar-refractivity contribution in [3.05, 3.63) is 48.0 Å². The third-order valence-corrected chi connectivity index (χ3v) is 9.08. The first-order chi connectivity index (χ1) is 12.2. The van der Waals surface area contributed by atoms with Gasteiger partial charge >= 0.3 is 0 Å². The zero-order chi connectivity index (χ0) is 18.7. The molecule has 3 atom stereocenters. The molecule has 1 aromatic rings. The van der Waals surface area contributed by atoms with Crippen molar-refractivity contribution < 1.29 is 18.1 Å². The third kappa shape index (κ3) is 2.34. The second-order valence-electron chi connectivity index (χ2n) is 8.64. The van der Waals surface area contributed by atoms with Crippen LogP contribution in [0.25, 0.3) is 0 Å². The van der Waals surface area contributed by atoms with E-state index in [9.17, 15) is 13.5 Å².